The zero-order valence-electron chi connectivity index (χ0n) is 13.2. The average molecular weight is 278 g/mol. The molecule has 0 atom stereocenters. The predicted octanol–water partition coefficient (Wildman–Crippen LogP) is 1.74. The number of nitrogens with two attached hydrogens (primary N) is 1. The second kappa shape index (κ2) is 6.70. The number of pyridine rings is 1. The summed E-state index contributed by atoms with van der Waals surface area (Å²) in [5.74, 6) is -0.0317. The quantitative estimate of drug-likeness (QED) is 0.861. The van der Waals surface area contributed by atoms with Gasteiger partial charge in [-0.2, -0.15) is 0 Å². The van der Waals surface area contributed by atoms with Crippen LogP contribution in [-0.2, 0) is 0 Å². The fourth-order valence-electron chi connectivity index (χ4n) is 1.90. The molecule has 0 aliphatic heterocycles. The van der Waals surface area contributed by atoms with Crippen molar-refractivity contribution in [3.8, 4) is 0 Å². The highest BCUT2D eigenvalue weighted by atomic mass is 16.2. The molecule has 0 aliphatic rings. The summed E-state index contributed by atoms with van der Waals surface area (Å²) in [6.45, 7) is 9.98. The molecule has 0 spiro atoms. The molecule has 0 saturated carbocycles. The van der Waals surface area contributed by atoms with Gasteiger partial charge >= 0.3 is 0 Å². The Morgan fingerprint density at radius 2 is 1.95 bits per heavy atom. The van der Waals surface area contributed by atoms with Gasteiger partial charge in [0, 0.05) is 44.1 Å². The van der Waals surface area contributed by atoms with Crippen LogP contribution in [0.4, 0.5) is 5.69 Å². The van der Waals surface area contributed by atoms with Crippen molar-refractivity contribution in [3.05, 3.63) is 24.0 Å². The summed E-state index contributed by atoms with van der Waals surface area (Å²) in [4.78, 5) is 20.4. The highest BCUT2D eigenvalue weighted by Crippen LogP contribution is 2.22. The zero-order valence-corrected chi connectivity index (χ0v) is 13.2. The fourth-order valence-corrected chi connectivity index (χ4v) is 1.90. The van der Waals surface area contributed by atoms with Crippen LogP contribution in [0.3, 0.4) is 0 Å². The van der Waals surface area contributed by atoms with Crippen LogP contribution in [0.25, 0.3) is 0 Å². The van der Waals surface area contributed by atoms with Gasteiger partial charge in [0.15, 0.2) is 0 Å². The van der Waals surface area contributed by atoms with Crippen LogP contribution in [0.2, 0.25) is 0 Å². The number of carbonyl (C=O) groups is 1. The van der Waals surface area contributed by atoms with Gasteiger partial charge in [-0.25, -0.2) is 0 Å². The molecule has 5 heteroatoms. The Hall–Kier alpha value is -1.62. The molecule has 0 saturated heterocycles. The summed E-state index contributed by atoms with van der Waals surface area (Å²) in [7, 11) is 1.98. The highest BCUT2D eigenvalue weighted by molar-refractivity contribution is 5.93. The van der Waals surface area contributed by atoms with Crippen molar-refractivity contribution in [2.75, 3.05) is 31.6 Å². The minimum absolute atomic E-state index is 0.0317. The lowest BCUT2D eigenvalue weighted by Gasteiger charge is -2.36. The van der Waals surface area contributed by atoms with E-state index in [1.807, 2.05) is 33.0 Å². The third-order valence-electron chi connectivity index (χ3n) is 3.81. The van der Waals surface area contributed by atoms with Gasteiger partial charge in [0.2, 0.25) is 0 Å². The number of amides is 1. The first kappa shape index (κ1) is 16.4. The number of hydrogen-bond donors (Lipinski definition) is 1. The lowest BCUT2D eigenvalue weighted by Crippen LogP contribution is -2.47. The largest absolute Gasteiger partial charge is 0.368 e. The summed E-state index contributed by atoms with van der Waals surface area (Å²) in [5, 5.41) is 0. The number of likely N-dealkylation sites (N-methyl/N-ethyl adjacent to an activating group) is 1. The molecule has 1 heterocycles. The van der Waals surface area contributed by atoms with Crippen molar-refractivity contribution in [3.63, 3.8) is 0 Å². The van der Waals surface area contributed by atoms with Gasteiger partial charge in [-0.15, -0.1) is 0 Å². The summed E-state index contributed by atoms with van der Waals surface area (Å²) in [6.07, 6.45) is 1.68. The Kier molecular flexibility index (Phi) is 5.51. The maximum atomic E-state index is 12.3. The van der Waals surface area contributed by atoms with Crippen LogP contribution < -0.4 is 10.6 Å². The van der Waals surface area contributed by atoms with Crippen molar-refractivity contribution in [2.45, 2.75) is 33.2 Å². The molecule has 2 N–H and O–H groups in total. The molecule has 1 amide bonds. The van der Waals surface area contributed by atoms with Crippen LogP contribution in [0.1, 0.15) is 38.2 Å². The predicted molar refractivity (Wildman–Crippen MR) is 83.0 cm³/mol. The van der Waals surface area contributed by atoms with Gasteiger partial charge in [-0.1, -0.05) is 0 Å². The Balaban J connectivity index is 3.05. The molecule has 0 aromatic carbocycles. The molecule has 0 fully saturated rings. The molecule has 1 rings (SSSR count). The molecule has 20 heavy (non-hydrogen) atoms. The van der Waals surface area contributed by atoms with Gasteiger partial charge in [0.1, 0.15) is 5.69 Å². The maximum absolute atomic E-state index is 12.3. The molecule has 0 aliphatic carbocycles. The van der Waals surface area contributed by atoms with Crippen LogP contribution >= 0.6 is 0 Å². The van der Waals surface area contributed by atoms with E-state index in [2.05, 4.69) is 23.7 Å². The lowest BCUT2D eigenvalue weighted by atomic mass is 10.0. The third kappa shape index (κ3) is 3.48. The van der Waals surface area contributed by atoms with E-state index in [1.54, 1.807) is 11.1 Å². The molecular weight excluding hydrogens is 252 g/mol. The smallest absolute Gasteiger partial charge is 0.272 e. The second-order valence-corrected chi connectivity index (χ2v) is 5.45. The normalized spacial score (nSPS) is 11.3. The Labute approximate surface area is 121 Å². The first-order valence-electron chi connectivity index (χ1n) is 7.06. The van der Waals surface area contributed by atoms with Gasteiger partial charge < -0.3 is 15.5 Å². The number of nitrogens with zero attached hydrogens (tertiary/aromatic N) is 3. The van der Waals surface area contributed by atoms with Gasteiger partial charge in [0.25, 0.3) is 5.91 Å². The summed E-state index contributed by atoms with van der Waals surface area (Å²) < 4.78 is 0. The molecule has 0 unspecified atom stereocenters. The number of carbonyl (C=O) groups excluding carboxylic acids is 1. The Morgan fingerprint density at radius 1 is 1.35 bits per heavy atom. The average Bonchev–Trinajstić information content (AvgIpc) is 2.47. The first-order chi connectivity index (χ1) is 9.37. The molecule has 1 aromatic rings. The number of aromatic nitrogens is 1. The number of anilines is 1. The van der Waals surface area contributed by atoms with E-state index in [9.17, 15) is 4.79 Å². The van der Waals surface area contributed by atoms with Crippen LogP contribution in [0, 0.1) is 0 Å². The van der Waals surface area contributed by atoms with Crippen LogP contribution in [0.5, 0.6) is 0 Å². The van der Waals surface area contributed by atoms with Crippen molar-refractivity contribution in [1.29, 1.82) is 0 Å². The summed E-state index contributed by atoms with van der Waals surface area (Å²) in [5.41, 5.74) is 7.06. The fraction of sp³-hybridized carbons (Fsp3) is 0.600. The monoisotopic (exact) mass is 278 g/mol. The van der Waals surface area contributed by atoms with E-state index >= 15 is 0 Å². The van der Waals surface area contributed by atoms with Crippen molar-refractivity contribution < 1.29 is 4.79 Å². The number of rotatable bonds is 6. The summed E-state index contributed by atoms with van der Waals surface area (Å²) in [6, 6.07) is 3.73. The third-order valence-corrected chi connectivity index (χ3v) is 3.81. The van der Waals surface area contributed by atoms with Gasteiger partial charge in [-0.05, 0) is 39.8 Å². The van der Waals surface area contributed by atoms with Crippen molar-refractivity contribution in [2.24, 2.45) is 5.73 Å². The van der Waals surface area contributed by atoms with E-state index in [1.165, 1.54) is 0 Å². The zero-order chi connectivity index (χ0) is 15.3. The van der Waals surface area contributed by atoms with Crippen molar-refractivity contribution >= 4 is 11.6 Å². The van der Waals surface area contributed by atoms with Gasteiger partial charge in [0.05, 0.1) is 0 Å². The second-order valence-electron chi connectivity index (χ2n) is 5.45. The molecule has 112 valence electrons. The topological polar surface area (TPSA) is 62.5 Å². The number of hydrogen-bond acceptors (Lipinski definition) is 4. The molecule has 1 aromatic heterocycles. The Morgan fingerprint density at radius 3 is 2.45 bits per heavy atom. The molecular formula is C15H26N4O. The minimum Gasteiger partial charge on any atom is -0.368 e. The maximum Gasteiger partial charge on any atom is 0.272 e. The van der Waals surface area contributed by atoms with Crippen molar-refractivity contribution in [1.82, 2.24) is 9.88 Å². The van der Waals surface area contributed by atoms with Crippen LogP contribution in [-0.4, -0.2) is 48.0 Å². The standard InChI is InChI=1S/C15H26N4O/c1-6-19(7-2)14(20)13-10-12(8-9-17-13)18(5)15(3,4)11-16/h8-10H,6-7,11,16H2,1-5H3. The van der Waals surface area contributed by atoms with E-state index in [0.29, 0.717) is 25.3 Å². The molecule has 0 bridgehead atoms. The minimum atomic E-state index is -0.170. The first-order valence-corrected chi connectivity index (χ1v) is 7.06. The van der Waals surface area contributed by atoms with Gasteiger partial charge in [-0.3, -0.25) is 9.78 Å². The van der Waals surface area contributed by atoms with E-state index in [0.717, 1.165) is 5.69 Å². The summed E-state index contributed by atoms with van der Waals surface area (Å²) >= 11 is 0. The van der Waals surface area contributed by atoms with E-state index in [-0.39, 0.29) is 11.4 Å². The van der Waals surface area contributed by atoms with E-state index < -0.39 is 0 Å². The Bertz CT molecular complexity index is 455. The highest BCUT2D eigenvalue weighted by Gasteiger charge is 2.23. The molecule has 5 nitrogen and oxygen atoms in total. The lowest BCUT2D eigenvalue weighted by molar-refractivity contribution is 0.0767. The SMILES string of the molecule is CCN(CC)C(=O)c1cc(N(C)C(C)(C)CN)ccn1. The van der Waals surface area contributed by atoms with E-state index in [4.69, 9.17) is 5.73 Å². The molecule has 0 radical (unpaired) electrons. The van der Waals surface area contributed by atoms with Crippen LogP contribution in [0.15, 0.2) is 18.3 Å².